The van der Waals surface area contributed by atoms with E-state index in [0.717, 1.165) is 0 Å². The predicted octanol–water partition coefficient (Wildman–Crippen LogP) is 3.33. The highest BCUT2D eigenvalue weighted by Gasteiger charge is 2.04. The van der Waals surface area contributed by atoms with Crippen LogP contribution >= 0.6 is 11.6 Å². The molecule has 94 valence electrons. The molecule has 0 radical (unpaired) electrons. The minimum Gasteiger partial charge on any atom is -0.481 e. The first-order chi connectivity index (χ1) is 8.58. The highest BCUT2D eigenvalue weighted by molar-refractivity contribution is 6.31. The Hall–Kier alpha value is -1.88. The van der Waals surface area contributed by atoms with E-state index < -0.39 is 5.82 Å². The number of aryl methyl sites for hydroxylation is 1. The second-order valence-corrected chi connectivity index (χ2v) is 4.00. The SMILES string of the molecule is COc1cc(Nc2ccc(F)c(Cl)c2)nc(C)n1. The molecule has 1 aromatic carbocycles. The van der Waals surface area contributed by atoms with E-state index in [2.05, 4.69) is 15.3 Å². The van der Waals surface area contributed by atoms with Crippen LogP contribution in [0.25, 0.3) is 0 Å². The van der Waals surface area contributed by atoms with Crippen LogP contribution < -0.4 is 10.1 Å². The lowest BCUT2D eigenvalue weighted by Gasteiger charge is -2.08. The number of methoxy groups -OCH3 is 1. The van der Waals surface area contributed by atoms with Gasteiger partial charge in [0.1, 0.15) is 17.5 Å². The summed E-state index contributed by atoms with van der Waals surface area (Å²) in [7, 11) is 1.53. The number of nitrogens with one attached hydrogen (secondary N) is 1. The Balaban J connectivity index is 2.27. The molecule has 0 amide bonds. The zero-order valence-electron chi connectivity index (χ0n) is 9.87. The molecular weight excluding hydrogens is 257 g/mol. The number of hydrogen-bond acceptors (Lipinski definition) is 4. The van der Waals surface area contributed by atoms with Gasteiger partial charge in [0.2, 0.25) is 5.88 Å². The molecule has 18 heavy (non-hydrogen) atoms. The van der Waals surface area contributed by atoms with Crippen molar-refractivity contribution in [3.63, 3.8) is 0 Å². The lowest BCUT2D eigenvalue weighted by Crippen LogP contribution is -1.99. The van der Waals surface area contributed by atoms with Crippen molar-refractivity contribution in [1.29, 1.82) is 0 Å². The first-order valence-electron chi connectivity index (χ1n) is 5.20. The summed E-state index contributed by atoms with van der Waals surface area (Å²) in [5, 5.41) is 3.06. The molecule has 2 rings (SSSR count). The van der Waals surface area contributed by atoms with Crippen LogP contribution in [0.5, 0.6) is 5.88 Å². The van der Waals surface area contributed by atoms with E-state index in [1.807, 2.05) is 0 Å². The fourth-order valence-corrected chi connectivity index (χ4v) is 1.61. The van der Waals surface area contributed by atoms with Crippen LogP contribution in [0.1, 0.15) is 5.82 Å². The summed E-state index contributed by atoms with van der Waals surface area (Å²) in [6.07, 6.45) is 0. The molecule has 0 unspecified atom stereocenters. The Morgan fingerprint density at radius 3 is 2.72 bits per heavy atom. The molecule has 2 aromatic rings. The van der Waals surface area contributed by atoms with Crippen molar-refractivity contribution in [3.05, 3.63) is 40.9 Å². The fourth-order valence-electron chi connectivity index (χ4n) is 1.43. The monoisotopic (exact) mass is 267 g/mol. The van der Waals surface area contributed by atoms with Gasteiger partial charge < -0.3 is 10.1 Å². The standard InChI is InChI=1S/C12H11ClFN3O/c1-7-15-11(6-12(16-7)18-2)17-8-3-4-10(14)9(13)5-8/h3-6H,1-2H3,(H,15,16,17). The van der Waals surface area contributed by atoms with Crippen molar-refractivity contribution >= 4 is 23.1 Å². The number of aromatic nitrogens is 2. The smallest absolute Gasteiger partial charge is 0.218 e. The van der Waals surface area contributed by atoms with E-state index in [4.69, 9.17) is 16.3 Å². The van der Waals surface area contributed by atoms with Crippen LogP contribution in [0.4, 0.5) is 15.9 Å². The van der Waals surface area contributed by atoms with Crippen molar-refractivity contribution in [3.8, 4) is 5.88 Å². The van der Waals surface area contributed by atoms with Crippen molar-refractivity contribution in [2.75, 3.05) is 12.4 Å². The normalized spacial score (nSPS) is 10.2. The molecule has 0 saturated carbocycles. The van der Waals surface area contributed by atoms with Gasteiger partial charge in [-0.1, -0.05) is 11.6 Å². The van der Waals surface area contributed by atoms with E-state index >= 15 is 0 Å². The van der Waals surface area contributed by atoms with Crippen LogP contribution in [0.2, 0.25) is 5.02 Å². The molecule has 6 heteroatoms. The van der Waals surface area contributed by atoms with E-state index in [0.29, 0.717) is 23.2 Å². The molecule has 0 saturated heterocycles. The maximum absolute atomic E-state index is 13.0. The highest BCUT2D eigenvalue weighted by Crippen LogP contribution is 2.23. The van der Waals surface area contributed by atoms with Crippen molar-refractivity contribution in [1.82, 2.24) is 9.97 Å². The molecule has 0 fully saturated rings. The van der Waals surface area contributed by atoms with Gasteiger partial charge >= 0.3 is 0 Å². The predicted molar refractivity (Wildman–Crippen MR) is 68.0 cm³/mol. The van der Waals surface area contributed by atoms with E-state index in [-0.39, 0.29) is 5.02 Å². The van der Waals surface area contributed by atoms with E-state index in [1.165, 1.54) is 19.2 Å². The molecule has 1 heterocycles. The van der Waals surface area contributed by atoms with Gasteiger partial charge in [-0.25, -0.2) is 9.37 Å². The van der Waals surface area contributed by atoms with Gasteiger partial charge in [0.15, 0.2) is 0 Å². The molecule has 1 N–H and O–H groups in total. The number of halogens is 2. The third-order valence-electron chi connectivity index (χ3n) is 2.22. The summed E-state index contributed by atoms with van der Waals surface area (Å²) in [4.78, 5) is 8.26. The second kappa shape index (κ2) is 5.18. The molecule has 0 atom stereocenters. The third kappa shape index (κ3) is 2.87. The second-order valence-electron chi connectivity index (χ2n) is 3.60. The molecule has 0 spiro atoms. The number of benzene rings is 1. The number of rotatable bonds is 3. The average molecular weight is 268 g/mol. The van der Waals surface area contributed by atoms with Crippen LogP contribution in [0.3, 0.4) is 0 Å². The largest absolute Gasteiger partial charge is 0.481 e. The van der Waals surface area contributed by atoms with Gasteiger partial charge in [-0.15, -0.1) is 0 Å². The summed E-state index contributed by atoms with van der Waals surface area (Å²) in [6, 6.07) is 5.99. The minimum absolute atomic E-state index is 0.0535. The van der Waals surface area contributed by atoms with Crippen LogP contribution in [0, 0.1) is 12.7 Å². The molecule has 1 aromatic heterocycles. The minimum atomic E-state index is -0.460. The van der Waals surface area contributed by atoms with Gasteiger partial charge in [-0.05, 0) is 25.1 Å². The Morgan fingerprint density at radius 1 is 1.28 bits per heavy atom. The number of hydrogen-bond donors (Lipinski definition) is 1. The van der Waals surface area contributed by atoms with Crippen molar-refractivity contribution in [2.45, 2.75) is 6.92 Å². The van der Waals surface area contributed by atoms with Gasteiger partial charge in [0.05, 0.1) is 12.1 Å². The highest BCUT2D eigenvalue weighted by atomic mass is 35.5. The maximum atomic E-state index is 13.0. The number of anilines is 2. The lowest BCUT2D eigenvalue weighted by atomic mass is 10.3. The van der Waals surface area contributed by atoms with E-state index in [1.54, 1.807) is 19.1 Å². The summed E-state index contributed by atoms with van der Waals surface area (Å²) in [5.41, 5.74) is 0.640. The van der Waals surface area contributed by atoms with Crippen LogP contribution in [-0.2, 0) is 0 Å². The summed E-state index contributed by atoms with van der Waals surface area (Å²) in [5.74, 6) is 1.13. The topological polar surface area (TPSA) is 47.0 Å². The number of ether oxygens (including phenoxy) is 1. The average Bonchev–Trinajstić information content (AvgIpc) is 2.33. The van der Waals surface area contributed by atoms with Crippen molar-refractivity contribution in [2.24, 2.45) is 0 Å². The first-order valence-corrected chi connectivity index (χ1v) is 5.58. The maximum Gasteiger partial charge on any atom is 0.218 e. The Bertz CT molecular complexity index is 577. The van der Waals surface area contributed by atoms with Gasteiger partial charge in [-0.2, -0.15) is 4.98 Å². The third-order valence-corrected chi connectivity index (χ3v) is 2.51. The molecule has 0 aliphatic carbocycles. The Kier molecular flexibility index (Phi) is 3.62. The molecule has 0 aliphatic heterocycles. The quantitative estimate of drug-likeness (QED) is 0.927. The Morgan fingerprint density at radius 2 is 2.06 bits per heavy atom. The van der Waals surface area contributed by atoms with E-state index in [9.17, 15) is 4.39 Å². The molecule has 0 bridgehead atoms. The van der Waals surface area contributed by atoms with Gasteiger partial charge in [0.25, 0.3) is 0 Å². The van der Waals surface area contributed by atoms with Gasteiger partial charge in [0, 0.05) is 11.8 Å². The zero-order chi connectivity index (χ0) is 13.1. The summed E-state index contributed by atoms with van der Waals surface area (Å²) < 4.78 is 18.1. The summed E-state index contributed by atoms with van der Waals surface area (Å²) in [6.45, 7) is 1.76. The number of nitrogens with zero attached hydrogens (tertiary/aromatic N) is 2. The molecular formula is C12H11ClFN3O. The summed E-state index contributed by atoms with van der Waals surface area (Å²) >= 11 is 5.70. The van der Waals surface area contributed by atoms with Crippen LogP contribution in [0.15, 0.2) is 24.3 Å². The first kappa shape index (κ1) is 12.6. The van der Waals surface area contributed by atoms with Crippen LogP contribution in [-0.4, -0.2) is 17.1 Å². The fraction of sp³-hybridized carbons (Fsp3) is 0.167. The molecule has 4 nitrogen and oxygen atoms in total. The molecule has 0 aliphatic rings. The Labute approximate surface area is 109 Å². The van der Waals surface area contributed by atoms with Gasteiger partial charge in [-0.3, -0.25) is 0 Å². The van der Waals surface area contributed by atoms with Crippen molar-refractivity contribution < 1.29 is 9.13 Å². The lowest BCUT2D eigenvalue weighted by molar-refractivity contribution is 0.396. The zero-order valence-corrected chi connectivity index (χ0v) is 10.6.